The average molecular weight is 260 g/mol. The van der Waals surface area contributed by atoms with Gasteiger partial charge in [-0.1, -0.05) is 6.07 Å². The van der Waals surface area contributed by atoms with Crippen molar-refractivity contribution in [3.8, 4) is 5.75 Å². The van der Waals surface area contributed by atoms with Crippen LogP contribution in [0.3, 0.4) is 0 Å². The van der Waals surface area contributed by atoms with Crippen LogP contribution in [-0.4, -0.2) is 11.3 Å². The van der Waals surface area contributed by atoms with Gasteiger partial charge in [0.05, 0.1) is 5.56 Å². The summed E-state index contributed by atoms with van der Waals surface area (Å²) in [5.41, 5.74) is 4.05. The van der Waals surface area contributed by atoms with Gasteiger partial charge in [0.1, 0.15) is 17.6 Å². The van der Waals surface area contributed by atoms with Crippen molar-refractivity contribution in [2.45, 2.75) is 19.1 Å². The Labute approximate surface area is 95.5 Å². The zero-order valence-corrected chi connectivity index (χ0v) is 8.99. The molecule has 0 saturated heterocycles. The maximum absolute atomic E-state index is 13.1. The number of phenolic OH excluding ortho intramolecular Hbond substituents is 1. The van der Waals surface area contributed by atoms with Crippen molar-refractivity contribution in [1.82, 2.24) is 0 Å². The predicted molar refractivity (Wildman–Crippen MR) is 53.0 cm³/mol. The summed E-state index contributed by atoms with van der Waals surface area (Å²) in [5.74, 6) is -1.91. The van der Waals surface area contributed by atoms with E-state index >= 15 is 0 Å². The summed E-state index contributed by atoms with van der Waals surface area (Å²) in [5, 5.41) is 9.29. The lowest BCUT2D eigenvalue weighted by Gasteiger charge is -2.18. The van der Waals surface area contributed by atoms with E-state index in [9.17, 15) is 22.7 Å². The molecule has 0 fully saturated rings. The third-order valence-electron chi connectivity index (χ3n) is 2.03. The number of phenols is 1. The Morgan fingerprint density at radius 1 is 1.31 bits per heavy atom. The number of halogens is 5. The first-order chi connectivity index (χ1) is 6.75. The first-order valence-electron chi connectivity index (χ1n) is 4.05. The molecule has 0 saturated carbocycles. The zero-order chi connectivity index (χ0) is 11.8. The maximum Gasteiger partial charge on any atom is 0.407 e. The molecule has 1 atom stereocenters. The number of hydrogen-bond donors (Lipinski definition) is 2. The third-order valence-corrected chi connectivity index (χ3v) is 2.03. The van der Waals surface area contributed by atoms with Crippen LogP contribution in [0.1, 0.15) is 17.2 Å². The Morgan fingerprint density at radius 2 is 1.81 bits per heavy atom. The molecule has 1 rings (SSSR count). The minimum absolute atomic E-state index is 0. The standard InChI is InChI=1S/C9H9F4NO.ClH/c1-4-2-3-5(10)6(7(4)15)8(14)9(11,12)13;/h2-3,8,15H,14H2,1H3;1H/t8-;/m0./s1. The molecule has 0 bridgehead atoms. The van der Waals surface area contributed by atoms with Crippen molar-refractivity contribution in [1.29, 1.82) is 0 Å². The maximum atomic E-state index is 13.1. The monoisotopic (exact) mass is 259 g/mol. The van der Waals surface area contributed by atoms with Crippen LogP contribution in [0.5, 0.6) is 5.75 Å². The first kappa shape index (κ1) is 15.0. The number of benzene rings is 1. The van der Waals surface area contributed by atoms with E-state index in [2.05, 4.69) is 0 Å². The molecule has 0 amide bonds. The van der Waals surface area contributed by atoms with Gasteiger partial charge < -0.3 is 10.8 Å². The summed E-state index contributed by atoms with van der Waals surface area (Å²) in [4.78, 5) is 0. The summed E-state index contributed by atoms with van der Waals surface area (Å²) in [6.45, 7) is 1.36. The molecule has 2 nitrogen and oxygen atoms in total. The van der Waals surface area contributed by atoms with Crippen molar-refractivity contribution in [2.75, 3.05) is 0 Å². The van der Waals surface area contributed by atoms with E-state index in [0.717, 1.165) is 6.07 Å². The van der Waals surface area contributed by atoms with Gasteiger partial charge in [-0.2, -0.15) is 13.2 Å². The largest absolute Gasteiger partial charge is 0.507 e. The Kier molecular flexibility index (Phi) is 4.57. The second kappa shape index (κ2) is 4.88. The smallest absolute Gasteiger partial charge is 0.407 e. The highest BCUT2D eigenvalue weighted by atomic mass is 35.5. The van der Waals surface area contributed by atoms with Gasteiger partial charge in [0, 0.05) is 0 Å². The van der Waals surface area contributed by atoms with Crippen molar-refractivity contribution >= 4 is 12.4 Å². The van der Waals surface area contributed by atoms with Crippen LogP contribution in [0.2, 0.25) is 0 Å². The number of hydrogen-bond acceptors (Lipinski definition) is 2. The summed E-state index contributed by atoms with van der Waals surface area (Å²) < 4.78 is 49.7. The Bertz CT molecular complexity index is 381. The van der Waals surface area contributed by atoms with Crippen LogP contribution >= 0.6 is 12.4 Å². The van der Waals surface area contributed by atoms with E-state index < -0.39 is 29.3 Å². The first-order valence-corrected chi connectivity index (χ1v) is 4.05. The molecule has 92 valence electrons. The molecule has 0 aliphatic rings. The summed E-state index contributed by atoms with van der Waals surface area (Å²) in [7, 11) is 0. The molecule has 0 radical (unpaired) electrons. The molecule has 3 N–H and O–H groups in total. The number of nitrogens with two attached hydrogens (primary N) is 1. The fourth-order valence-electron chi connectivity index (χ4n) is 1.15. The van der Waals surface area contributed by atoms with E-state index in [0.29, 0.717) is 0 Å². The number of aromatic hydroxyl groups is 1. The fraction of sp³-hybridized carbons (Fsp3) is 0.333. The van der Waals surface area contributed by atoms with E-state index in [-0.39, 0.29) is 18.0 Å². The molecule has 0 aliphatic carbocycles. The van der Waals surface area contributed by atoms with Gasteiger partial charge in [-0.15, -0.1) is 12.4 Å². The SMILES string of the molecule is Cc1ccc(F)c([C@H](N)C(F)(F)F)c1O.Cl. The molecular weight excluding hydrogens is 250 g/mol. The lowest BCUT2D eigenvalue weighted by atomic mass is 10.0. The van der Waals surface area contributed by atoms with Gasteiger partial charge in [-0.25, -0.2) is 4.39 Å². The normalized spacial score (nSPS) is 13.1. The zero-order valence-electron chi connectivity index (χ0n) is 8.18. The summed E-state index contributed by atoms with van der Waals surface area (Å²) in [6.07, 6.45) is -4.79. The van der Waals surface area contributed by atoms with Crippen LogP contribution in [-0.2, 0) is 0 Å². The van der Waals surface area contributed by atoms with Crippen LogP contribution in [0, 0.1) is 12.7 Å². The third kappa shape index (κ3) is 2.76. The van der Waals surface area contributed by atoms with Crippen LogP contribution in [0.25, 0.3) is 0 Å². The molecule has 0 heterocycles. The lowest BCUT2D eigenvalue weighted by molar-refractivity contribution is -0.150. The van der Waals surface area contributed by atoms with Crippen LogP contribution < -0.4 is 5.73 Å². The molecule has 16 heavy (non-hydrogen) atoms. The van der Waals surface area contributed by atoms with Gasteiger partial charge in [-0.05, 0) is 18.6 Å². The second-order valence-electron chi connectivity index (χ2n) is 3.15. The van der Waals surface area contributed by atoms with Gasteiger partial charge >= 0.3 is 6.18 Å². The number of aryl methyl sites for hydroxylation is 1. The van der Waals surface area contributed by atoms with Crippen LogP contribution in [0.4, 0.5) is 17.6 Å². The molecule has 0 aromatic heterocycles. The highest BCUT2D eigenvalue weighted by molar-refractivity contribution is 5.85. The predicted octanol–water partition coefficient (Wildman–Crippen LogP) is 2.82. The summed E-state index contributed by atoms with van der Waals surface area (Å²) >= 11 is 0. The van der Waals surface area contributed by atoms with Crippen LogP contribution in [0.15, 0.2) is 12.1 Å². The second-order valence-corrected chi connectivity index (χ2v) is 3.15. The highest BCUT2D eigenvalue weighted by Crippen LogP contribution is 2.37. The van der Waals surface area contributed by atoms with Crippen molar-refractivity contribution in [2.24, 2.45) is 5.73 Å². The molecule has 1 aromatic carbocycles. The average Bonchev–Trinajstić information content (AvgIpc) is 2.10. The highest BCUT2D eigenvalue weighted by Gasteiger charge is 2.41. The van der Waals surface area contributed by atoms with E-state index in [1.807, 2.05) is 0 Å². The molecule has 1 aromatic rings. The topological polar surface area (TPSA) is 46.2 Å². The van der Waals surface area contributed by atoms with E-state index in [4.69, 9.17) is 5.73 Å². The quantitative estimate of drug-likeness (QED) is 0.762. The van der Waals surface area contributed by atoms with E-state index in [1.165, 1.54) is 13.0 Å². The molecule has 0 aliphatic heterocycles. The lowest BCUT2D eigenvalue weighted by Crippen LogP contribution is -2.29. The molecule has 7 heteroatoms. The fourth-order valence-corrected chi connectivity index (χ4v) is 1.15. The Hall–Kier alpha value is -1.01. The minimum Gasteiger partial charge on any atom is -0.507 e. The number of alkyl halides is 3. The van der Waals surface area contributed by atoms with Gasteiger partial charge in [0.2, 0.25) is 0 Å². The van der Waals surface area contributed by atoms with Crippen molar-refractivity contribution in [3.63, 3.8) is 0 Å². The summed E-state index contributed by atoms with van der Waals surface area (Å²) in [6, 6.07) is -0.495. The van der Waals surface area contributed by atoms with Gasteiger partial charge in [0.25, 0.3) is 0 Å². The van der Waals surface area contributed by atoms with Crippen molar-refractivity contribution < 1.29 is 22.7 Å². The number of rotatable bonds is 1. The Morgan fingerprint density at radius 3 is 2.25 bits per heavy atom. The van der Waals surface area contributed by atoms with Crippen molar-refractivity contribution in [3.05, 3.63) is 29.1 Å². The molecule has 0 unspecified atom stereocenters. The van der Waals surface area contributed by atoms with E-state index in [1.54, 1.807) is 0 Å². The van der Waals surface area contributed by atoms with Gasteiger partial charge in [-0.3, -0.25) is 0 Å². The molecular formula is C9H10ClF4NO. The minimum atomic E-state index is -4.79. The Balaban J connectivity index is 0.00000225. The molecule has 0 spiro atoms. The van der Waals surface area contributed by atoms with Gasteiger partial charge in [0.15, 0.2) is 0 Å².